The maximum absolute atomic E-state index is 9.68. The predicted molar refractivity (Wildman–Crippen MR) is 80.9 cm³/mol. The van der Waals surface area contributed by atoms with E-state index in [1.165, 1.54) is 25.7 Å². The van der Waals surface area contributed by atoms with Crippen molar-refractivity contribution < 1.29 is 5.11 Å². The number of aromatic nitrogens is 1. The van der Waals surface area contributed by atoms with Crippen LogP contribution in [-0.4, -0.2) is 47.2 Å². The summed E-state index contributed by atoms with van der Waals surface area (Å²) in [4.78, 5) is 9.46. The summed E-state index contributed by atoms with van der Waals surface area (Å²) in [7, 11) is 0. The van der Waals surface area contributed by atoms with Crippen molar-refractivity contribution in [2.24, 2.45) is 0 Å². The molecule has 1 aliphatic carbocycles. The van der Waals surface area contributed by atoms with Crippen LogP contribution < -0.4 is 4.90 Å². The van der Waals surface area contributed by atoms with Gasteiger partial charge in [-0.1, -0.05) is 12.8 Å². The second-order valence-corrected chi connectivity index (χ2v) is 6.08. The third-order valence-electron chi connectivity index (χ3n) is 4.73. The number of hydrogen-bond donors (Lipinski definition) is 1. The maximum Gasteiger partial charge on any atom is 0.128 e. The van der Waals surface area contributed by atoms with Gasteiger partial charge in [-0.2, -0.15) is 0 Å². The Kier molecular flexibility index (Phi) is 4.22. The van der Waals surface area contributed by atoms with E-state index >= 15 is 0 Å². The Morgan fingerprint density at radius 3 is 2.55 bits per heavy atom. The van der Waals surface area contributed by atoms with Gasteiger partial charge in [0.25, 0.3) is 0 Å². The van der Waals surface area contributed by atoms with Gasteiger partial charge in [-0.25, -0.2) is 4.98 Å². The second-order valence-electron chi connectivity index (χ2n) is 6.08. The highest BCUT2D eigenvalue weighted by molar-refractivity contribution is 5.42. The van der Waals surface area contributed by atoms with Gasteiger partial charge in [0.1, 0.15) is 5.82 Å². The van der Waals surface area contributed by atoms with Crippen molar-refractivity contribution in [3.63, 3.8) is 0 Å². The Hall–Kier alpha value is -1.13. The first-order valence-corrected chi connectivity index (χ1v) is 7.87. The first-order chi connectivity index (χ1) is 9.74. The first kappa shape index (κ1) is 13.8. The van der Waals surface area contributed by atoms with Gasteiger partial charge >= 0.3 is 0 Å². The maximum atomic E-state index is 9.68. The molecule has 1 saturated carbocycles. The Morgan fingerprint density at radius 1 is 1.20 bits per heavy atom. The van der Waals surface area contributed by atoms with E-state index < -0.39 is 6.10 Å². The van der Waals surface area contributed by atoms with Gasteiger partial charge in [-0.05, 0) is 37.5 Å². The van der Waals surface area contributed by atoms with E-state index in [1.807, 2.05) is 12.1 Å². The summed E-state index contributed by atoms with van der Waals surface area (Å²) in [5, 5.41) is 9.68. The molecule has 1 atom stereocenters. The van der Waals surface area contributed by atoms with Crippen LogP contribution >= 0.6 is 0 Å². The molecule has 4 heteroatoms. The van der Waals surface area contributed by atoms with Crippen LogP contribution in [0, 0.1) is 0 Å². The van der Waals surface area contributed by atoms with Crippen molar-refractivity contribution in [2.75, 3.05) is 31.1 Å². The number of nitrogens with zero attached hydrogens (tertiary/aromatic N) is 3. The Balaban J connectivity index is 1.61. The van der Waals surface area contributed by atoms with E-state index in [9.17, 15) is 5.11 Å². The molecule has 2 heterocycles. The number of pyridine rings is 1. The molecule has 0 aromatic carbocycles. The minimum Gasteiger partial charge on any atom is -0.389 e. The zero-order valence-electron chi connectivity index (χ0n) is 12.3. The van der Waals surface area contributed by atoms with Gasteiger partial charge in [0, 0.05) is 38.4 Å². The third-order valence-corrected chi connectivity index (χ3v) is 4.73. The molecule has 1 N–H and O–H groups in total. The molecular formula is C16H25N3O. The Bertz CT molecular complexity index is 435. The molecule has 20 heavy (non-hydrogen) atoms. The van der Waals surface area contributed by atoms with Gasteiger partial charge in [0.2, 0.25) is 0 Å². The summed E-state index contributed by atoms with van der Waals surface area (Å²) in [6.45, 7) is 6.19. The molecule has 1 aliphatic heterocycles. The fourth-order valence-electron chi connectivity index (χ4n) is 3.45. The van der Waals surface area contributed by atoms with Crippen molar-refractivity contribution in [3.05, 3.63) is 23.9 Å². The molecule has 0 radical (unpaired) electrons. The molecule has 3 rings (SSSR count). The fourth-order valence-corrected chi connectivity index (χ4v) is 3.45. The monoisotopic (exact) mass is 275 g/mol. The molecule has 1 saturated heterocycles. The van der Waals surface area contributed by atoms with E-state index in [-0.39, 0.29) is 0 Å². The van der Waals surface area contributed by atoms with Crippen LogP contribution in [0.3, 0.4) is 0 Å². The lowest BCUT2D eigenvalue weighted by molar-refractivity contribution is 0.187. The molecule has 0 spiro atoms. The summed E-state index contributed by atoms with van der Waals surface area (Å²) >= 11 is 0. The molecular weight excluding hydrogens is 250 g/mol. The van der Waals surface area contributed by atoms with Crippen LogP contribution in [0.1, 0.15) is 44.3 Å². The minimum absolute atomic E-state index is 0.420. The Morgan fingerprint density at radius 2 is 1.90 bits per heavy atom. The zero-order valence-corrected chi connectivity index (χ0v) is 12.3. The van der Waals surface area contributed by atoms with Crippen LogP contribution in [0.2, 0.25) is 0 Å². The number of hydrogen-bond acceptors (Lipinski definition) is 4. The average Bonchev–Trinajstić information content (AvgIpc) is 3.02. The summed E-state index contributed by atoms with van der Waals surface area (Å²) in [5.41, 5.74) is 0.952. The number of aliphatic hydroxyl groups is 1. The van der Waals surface area contributed by atoms with Crippen molar-refractivity contribution in [1.82, 2.24) is 9.88 Å². The van der Waals surface area contributed by atoms with Crippen LogP contribution in [0.4, 0.5) is 5.82 Å². The van der Waals surface area contributed by atoms with E-state index in [1.54, 1.807) is 13.1 Å². The van der Waals surface area contributed by atoms with Gasteiger partial charge in [-0.15, -0.1) is 0 Å². The summed E-state index contributed by atoms with van der Waals surface area (Å²) in [6.07, 6.45) is 6.97. The quantitative estimate of drug-likeness (QED) is 0.918. The molecule has 4 nitrogen and oxygen atoms in total. The lowest BCUT2D eigenvalue weighted by Crippen LogP contribution is -2.50. The summed E-state index contributed by atoms with van der Waals surface area (Å²) in [6, 6.07) is 4.74. The van der Waals surface area contributed by atoms with Crippen LogP contribution in [0.25, 0.3) is 0 Å². The second kappa shape index (κ2) is 6.10. The average molecular weight is 275 g/mol. The van der Waals surface area contributed by atoms with E-state index in [2.05, 4.69) is 14.8 Å². The highest BCUT2D eigenvalue weighted by Gasteiger charge is 2.26. The van der Waals surface area contributed by atoms with Crippen LogP contribution in [0.5, 0.6) is 0 Å². The number of anilines is 1. The molecule has 1 aromatic heterocycles. The highest BCUT2D eigenvalue weighted by Crippen LogP contribution is 2.25. The van der Waals surface area contributed by atoms with Crippen molar-refractivity contribution in [2.45, 2.75) is 44.8 Å². The van der Waals surface area contributed by atoms with Crippen molar-refractivity contribution >= 4 is 5.82 Å². The normalized spacial score (nSPS) is 23.2. The lowest BCUT2D eigenvalue weighted by Gasteiger charge is -2.38. The molecule has 1 aromatic rings. The summed E-state index contributed by atoms with van der Waals surface area (Å²) in [5.74, 6) is 1.01. The summed E-state index contributed by atoms with van der Waals surface area (Å²) < 4.78 is 0. The predicted octanol–water partition coefficient (Wildman–Crippen LogP) is 2.20. The smallest absolute Gasteiger partial charge is 0.128 e. The number of aliphatic hydroxyl groups excluding tert-OH is 1. The van der Waals surface area contributed by atoms with Crippen LogP contribution in [0.15, 0.2) is 18.3 Å². The topological polar surface area (TPSA) is 39.6 Å². The highest BCUT2D eigenvalue weighted by atomic mass is 16.3. The van der Waals surface area contributed by atoms with Gasteiger partial charge < -0.3 is 10.0 Å². The third kappa shape index (κ3) is 2.96. The van der Waals surface area contributed by atoms with Gasteiger partial charge in [0.05, 0.1) is 6.10 Å². The lowest BCUT2D eigenvalue weighted by atomic mass is 10.1. The fraction of sp³-hybridized carbons (Fsp3) is 0.688. The molecule has 2 aliphatic rings. The standard InChI is InChI=1S/C16H25N3O/c1-13(20)14-6-7-17-16(12-14)19-10-8-18(9-11-19)15-4-2-3-5-15/h6-7,12-13,15,20H,2-5,8-11H2,1H3. The van der Waals surface area contributed by atoms with Crippen LogP contribution in [-0.2, 0) is 0 Å². The molecule has 0 amide bonds. The van der Waals surface area contributed by atoms with Gasteiger partial charge in [-0.3, -0.25) is 4.90 Å². The largest absolute Gasteiger partial charge is 0.389 e. The first-order valence-electron chi connectivity index (χ1n) is 7.87. The number of rotatable bonds is 3. The van der Waals surface area contributed by atoms with E-state index in [4.69, 9.17) is 0 Å². The number of piperazine rings is 1. The van der Waals surface area contributed by atoms with Crippen molar-refractivity contribution in [1.29, 1.82) is 0 Å². The van der Waals surface area contributed by atoms with E-state index in [0.29, 0.717) is 0 Å². The SMILES string of the molecule is CC(O)c1ccnc(N2CCN(C3CCCC3)CC2)c1. The van der Waals surface area contributed by atoms with Gasteiger partial charge in [0.15, 0.2) is 0 Å². The molecule has 2 fully saturated rings. The Labute approximate surface area is 121 Å². The molecule has 1 unspecified atom stereocenters. The minimum atomic E-state index is -0.420. The molecule has 110 valence electrons. The zero-order chi connectivity index (χ0) is 13.9. The molecule has 0 bridgehead atoms. The van der Waals surface area contributed by atoms with E-state index in [0.717, 1.165) is 43.6 Å². The van der Waals surface area contributed by atoms with Crippen molar-refractivity contribution in [3.8, 4) is 0 Å².